The molecule has 1 amide bonds. The molecule has 1 fully saturated rings. The van der Waals surface area contributed by atoms with Crippen molar-refractivity contribution in [3.63, 3.8) is 0 Å². The number of carbonyl (C=O) groups is 2. The van der Waals surface area contributed by atoms with Crippen LogP contribution >= 0.6 is 0 Å². The number of hydrogen-bond donors (Lipinski definition) is 0. The van der Waals surface area contributed by atoms with Crippen LogP contribution in [0.15, 0.2) is 11.9 Å². The molecule has 0 saturated carbocycles. The van der Waals surface area contributed by atoms with Crippen molar-refractivity contribution in [3.05, 3.63) is 11.9 Å². The Balaban J connectivity index is 3.08. The molecule has 0 aromatic heterocycles. The van der Waals surface area contributed by atoms with Crippen LogP contribution in [0.1, 0.15) is 41.0 Å². The summed E-state index contributed by atoms with van der Waals surface area (Å²) in [5, 5.41) is 0. The third kappa shape index (κ3) is 4.54. The molecule has 0 aliphatic carbocycles. The highest BCUT2D eigenvalue weighted by atomic mass is 16.6. The number of ether oxygens (including phenoxy) is 1. The van der Waals surface area contributed by atoms with E-state index >= 15 is 0 Å². The van der Waals surface area contributed by atoms with E-state index in [0.29, 0.717) is 18.7 Å². The van der Waals surface area contributed by atoms with Gasteiger partial charge in [-0.2, -0.15) is 0 Å². The Kier molecular flexibility index (Phi) is 4.52. The monoisotopic (exact) mass is 282 g/mol. The summed E-state index contributed by atoms with van der Waals surface area (Å²) in [4.78, 5) is 27.8. The minimum Gasteiger partial charge on any atom is -0.443 e. The SMILES string of the molecule is CN(C)/C=C1/C(=O)CC(C)(C)CN1C(=O)OC(C)(C)C. The van der Waals surface area contributed by atoms with E-state index in [2.05, 4.69) is 0 Å². The lowest BCUT2D eigenvalue weighted by Crippen LogP contribution is -2.48. The number of hydrogen-bond acceptors (Lipinski definition) is 4. The van der Waals surface area contributed by atoms with E-state index in [-0.39, 0.29) is 11.2 Å². The minimum absolute atomic E-state index is 0.0270. The van der Waals surface area contributed by atoms with Crippen molar-refractivity contribution < 1.29 is 14.3 Å². The van der Waals surface area contributed by atoms with Crippen LogP contribution in [0.4, 0.5) is 4.79 Å². The summed E-state index contributed by atoms with van der Waals surface area (Å²) in [7, 11) is 3.65. The fraction of sp³-hybridized carbons (Fsp3) is 0.733. The molecule has 1 rings (SSSR count). The number of piperidine rings is 1. The first kappa shape index (κ1) is 16.5. The lowest BCUT2D eigenvalue weighted by Gasteiger charge is -2.39. The molecule has 1 heterocycles. The van der Waals surface area contributed by atoms with Crippen LogP contribution in [-0.2, 0) is 9.53 Å². The van der Waals surface area contributed by atoms with Gasteiger partial charge in [-0.05, 0) is 26.2 Å². The highest BCUT2D eigenvalue weighted by molar-refractivity contribution is 5.99. The number of nitrogens with zero attached hydrogens (tertiary/aromatic N) is 2. The third-order valence-corrected chi connectivity index (χ3v) is 2.80. The average molecular weight is 282 g/mol. The zero-order chi connectivity index (χ0) is 15.7. The molecule has 0 radical (unpaired) electrons. The van der Waals surface area contributed by atoms with Gasteiger partial charge in [-0.15, -0.1) is 0 Å². The van der Waals surface area contributed by atoms with Crippen LogP contribution in [0.2, 0.25) is 0 Å². The zero-order valence-electron chi connectivity index (χ0n) is 13.6. The lowest BCUT2D eigenvalue weighted by atomic mass is 9.82. The molecule has 1 aliphatic rings. The highest BCUT2D eigenvalue weighted by Crippen LogP contribution is 2.32. The fourth-order valence-electron chi connectivity index (χ4n) is 2.11. The van der Waals surface area contributed by atoms with Crippen molar-refractivity contribution in [3.8, 4) is 0 Å². The Bertz CT molecular complexity index is 431. The maximum absolute atomic E-state index is 12.3. The van der Waals surface area contributed by atoms with Crippen LogP contribution in [0.25, 0.3) is 0 Å². The summed E-state index contributed by atoms with van der Waals surface area (Å²) in [6.45, 7) is 9.89. The van der Waals surface area contributed by atoms with E-state index in [0.717, 1.165) is 0 Å². The van der Waals surface area contributed by atoms with Crippen LogP contribution in [0.3, 0.4) is 0 Å². The van der Waals surface area contributed by atoms with Crippen molar-refractivity contribution in [2.45, 2.75) is 46.6 Å². The molecule has 20 heavy (non-hydrogen) atoms. The second-order valence-electron chi connectivity index (χ2n) is 7.31. The van der Waals surface area contributed by atoms with Gasteiger partial charge < -0.3 is 9.64 Å². The van der Waals surface area contributed by atoms with Gasteiger partial charge in [-0.3, -0.25) is 9.69 Å². The van der Waals surface area contributed by atoms with Gasteiger partial charge in [-0.25, -0.2) is 4.79 Å². The van der Waals surface area contributed by atoms with E-state index in [1.54, 1.807) is 11.1 Å². The van der Waals surface area contributed by atoms with Crippen molar-refractivity contribution in [2.75, 3.05) is 20.6 Å². The summed E-state index contributed by atoms with van der Waals surface area (Å²) in [5.41, 5.74) is -0.411. The molecule has 114 valence electrons. The summed E-state index contributed by atoms with van der Waals surface area (Å²) in [5.74, 6) is -0.0270. The van der Waals surface area contributed by atoms with E-state index < -0.39 is 11.7 Å². The van der Waals surface area contributed by atoms with Gasteiger partial charge in [0.15, 0.2) is 5.78 Å². The standard InChI is InChI=1S/C15H26N2O3/c1-14(2,3)20-13(19)17-10-15(4,5)8-12(18)11(17)9-16(6)7/h9H,8,10H2,1-7H3/b11-9-. The van der Waals surface area contributed by atoms with Crippen LogP contribution in [-0.4, -0.2) is 47.9 Å². The van der Waals surface area contributed by atoms with Crippen LogP contribution < -0.4 is 0 Å². The first-order valence-electron chi connectivity index (χ1n) is 6.83. The Hall–Kier alpha value is -1.52. The van der Waals surface area contributed by atoms with Gasteiger partial charge in [0.2, 0.25) is 0 Å². The van der Waals surface area contributed by atoms with Gasteiger partial charge in [0.05, 0.1) is 0 Å². The molecule has 0 atom stereocenters. The largest absolute Gasteiger partial charge is 0.443 e. The molecule has 5 heteroatoms. The maximum atomic E-state index is 12.3. The zero-order valence-corrected chi connectivity index (χ0v) is 13.6. The fourth-order valence-corrected chi connectivity index (χ4v) is 2.11. The van der Waals surface area contributed by atoms with Crippen molar-refractivity contribution in [1.29, 1.82) is 0 Å². The normalized spacial score (nSPS) is 21.1. The van der Waals surface area contributed by atoms with E-state index in [1.165, 1.54) is 4.90 Å². The Labute approximate surface area is 121 Å². The smallest absolute Gasteiger partial charge is 0.414 e. The molecular weight excluding hydrogens is 256 g/mol. The third-order valence-electron chi connectivity index (χ3n) is 2.80. The number of likely N-dealkylation sites (tertiary alicyclic amines) is 1. The van der Waals surface area contributed by atoms with E-state index in [1.807, 2.05) is 48.7 Å². The predicted molar refractivity (Wildman–Crippen MR) is 78.1 cm³/mol. The summed E-state index contributed by atoms with van der Waals surface area (Å²) >= 11 is 0. The molecule has 0 N–H and O–H groups in total. The molecule has 0 aromatic carbocycles. The van der Waals surface area contributed by atoms with Crippen molar-refractivity contribution in [1.82, 2.24) is 9.80 Å². The second-order valence-corrected chi connectivity index (χ2v) is 7.31. The Morgan fingerprint density at radius 2 is 1.90 bits per heavy atom. The number of Topliss-reactive ketones (excluding diaryl/α,β-unsaturated/α-hetero) is 1. The number of amides is 1. The summed E-state index contributed by atoms with van der Waals surface area (Å²) in [6.07, 6.45) is 1.65. The minimum atomic E-state index is -0.578. The number of ketones is 1. The molecule has 0 aromatic rings. The maximum Gasteiger partial charge on any atom is 0.414 e. The first-order chi connectivity index (χ1) is 8.91. The summed E-state index contributed by atoms with van der Waals surface area (Å²) < 4.78 is 5.41. The quantitative estimate of drug-likeness (QED) is 0.694. The van der Waals surface area contributed by atoms with Gasteiger partial charge >= 0.3 is 6.09 Å². The number of allylic oxidation sites excluding steroid dienone is 1. The molecule has 5 nitrogen and oxygen atoms in total. The second kappa shape index (κ2) is 5.46. The van der Waals surface area contributed by atoms with Gasteiger partial charge in [0, 0.05) is 33.3 Å². The van der Waals surface area contributed by atoms with Crippen LogP contribution in [0, 0.1) is 5.41 Å². The van der Waals surface area contributed by atoms with E-state index in [4.69, 9.17) is 4.74 Å². The predicted octanol–water partition coefficient (Wildman–Crippen LogP) is 2.63. The Morgan fingerprint density at radius 3 is 2.35 bits per heavy atom. The molecule has 0 unspecified atom stereocenters. The molecule has 1 saturated heterocycles. The molecule has 0 bridgehead atoms. The highest BCUT2D eigenvalue weighted by Gasteiger charge is 2.39. The first-order valence-corrected chi connectivity index (χ1v) is 6.83. The molecule has 0 spiro atoms. The van der Waals surface area contributed by atoms with Crippen LogP contribution in [0.5, 0.6) is 0 Å². The van der Waals surface area contributed by atoms with Crippen molar-refractivity contribution >= 4 is 11.9 Å². The number of rotatable bonds is 1. The topological polar surface area (TPSA) is 49.9 Å². The molecule has 1 aliphatic heterocycles. The van der Waals surface area contributed by atoms with Gasteiger partial charge in [-0.1, -0.05) is 13.8 Å². The summed E-state index contributed by atoms with van der Waals surface area (Å²) in [6, 6.07) is 0. The average Bonchev–Trinajstić information content (AvgIpc) is 2.17. The van der Waals surface area contributed by atoms with Gasteiger partial charge in [0.25, 0.3) is 0 Å². The van der Waals surface area contributed by atoms with E-state index in [9.17, 15) is 9.59 Å². The number of carbonyl (C=O) groups excluding carboxylic acids is 2. The Morgan fingerprint density at radius 1 is 1.35 bits per heavy atom. The lowest BCUT2D eigenvalue weighted by molar-refractivity contribution is -0.121. The van der Waals surface area contributed by atoms with Gasteiger partial charge in [0.1, 0.15) is 11.3 Å². The van der Waals surface area contributed by atoms with Crippen molar-refractivity contribution in [2.24, 2.45) is 5.41 Å². The molecular formula is C15H26N2O3.